The highest BCUT2D eigenvalue weighted by molar-refractivity contribution is 5.97. The number of hydrogen-bond acceptors (Lipinski definition) is 2. The van der Waals surface area contributed by atoms with Crippen molar-refractivity contribution in [2.75, 3.05) is 26.7 Å². The number of carbonyl (C=O) groups is 1. The Labute approximate surface area is 119 Å². The Morgan fingerprint density at radius 3 is 2.58 bits per heavy atom. The van der Waals surface area contributed by atoms with Crippen molar-refractivity contribution in [3.63, 3.8) is 0 Å². The summed E-state index contributed by atoms with van der Waals surface area (Å²) in [6.45, 7) is 2.56. The Hall–Kier alpha value is -1.13. The molecule has 1 heterocycles. The highest BCUT2D eigenvalue weighted by Gasteiger charge is 2.19. The Bertz CT molecular complexity index is 433. The number of ketones is 1. The molecule has 1 saturated heterocycles. The van der Waals surface area contributed by atoms with Gasteiger partial charge in [-0.3, -0.25) is 4.79 Å². The third-order valence-electron chi connectivity index (χ3n) is 3.44. The number of nitrogens with one attached hydrogen (secondary N) is 1. The summed E-state index contributed by atoms with van der Waals surface area (Å²) in [5, 5.41) is 0. The van der Waals surface area contributed by atoms with E-state index in [1.807, 2.05) is 0 Å². The van der Waals surface area contributed by atoms with Crippen LogP contribution >= 0.6 is 0 Å². The van der Waals surface area contributed by atoms with Crippen LogP contribution in [0.1, 0.15) is 29.6 Å². The van der Waals surface area contributed by atoms with Gasteiger partial charge in [0.2, 0.25) is 5.78 Å². The molecule has 0 radical (unpaired) electrons. The summed E-state index contributed by atoms with van der Waals surface area (Å²) in [5.41, 5.74) is 0.436. The molecular weight excluding hydrogens is 269 g/mol. The van der Waals surface area contributed by atoms with Crippen LogP contribution in [-0.2, 0) is 0 Å². The van der Waals surface area contributed by atoms with E-state index in [0.717, 1.165) is 13.1 Å². The molecule has 5 heteroatoms. The predicted octanol–water partition coefficient (Wildman–Crippen LogP) is -1.91. The van der Waals surface area contributed by atoms with Crippen molar-refractivity contribution in [2.45, 2.75) is 19.3 Å². The van der Waals surface area contributed by atoms with E-state index >= 15 is 0 Å². The van der Waals surface area contributed by atoms with Crippen LogP contribution in [0.25, 0.3) is 0 Å². The molecule has 19 heavy (non-hydrogen) atoms. The smallest absolute Gasteiger partial charge is 0.216 e. The number of halogens is 2. The molecule has 0 spiro atoms. The maximum atomic E-state index is 13.5. The van der Waals surface area contributed by atoms with Crippen LogP contribution in [0, 0.1) is 5.82 Å². The van der Waals surface area contributed by atoms with Gasteiger partial charge in [0.25, 0.3) is 0 Å². The van der Waals surface area contributed by atoms with E-state index in [-0.39, 0.29) is 23.9 Å². The van der Waals surface area contributed by atoms with E-state index in [1.54, 1.807) is 6.07 Å². The summed E-state index contributed by atoms with van der Waals surface area (Å²) in [5.74, 6) is -0.290. The Morgan fingerprint density at radius 1 is 1.32 bits per heavy atom. The van der Waals surface area contributed by atoms with Crippen LogP contribution in [0.4, 0.5) is 4.39 Å². The summed E-state index contributed by atoms with van der Waals surface area (Å²) in [6.07, 6.45) is 3.62. The highest BCUT2D eigenvalue weighted by atomic mass is 35.5. The minimum absolute atomic E-state index is 0. The third kappa shape index (κ3) is 4.18. The van der Waals surface area contributed by atoms with Crippen molar-refractivity contribution in [2.24, 2.45) is 0 Å². The molecule has 0 atom stereocenters. The molecule has 0 aliphatic carbocycles. The van der Waals surface area contributed by atoms with Gasteiger partial charge in [0.1, 0.15) is 6.54 Å². The van der Waals surface area contributed by atoms with Gasteiger partial charge in [-0.2, -0.15) is 0 Å². The number of hydrogen-bond donors (Lipinski definition) is 1. The molecule has 1 aromatic rings. The number of piperidine rings is 1. The SMILES string of the molecule is COc1ccc(C(=O)C[NH+]2CCCCC2)cc1F.[Cl-]. The lowest BCUT2D eigenvalue weighted by Crippen LogP contribution is -3.13. The fourth-order valence-electron chi connectivity index (χ4n) is 2.40. The molecule has 0 aromatic heterocycles. The van der Waals surface area contributed by atoms with Crippen molar-refractivity contribution in [3.8, 4) is 5.75 Å². The molecular formula is C14H19ClFNO2. The van der Waals surface area contributed by atoms with Gasteiger partial charge in [-0.25, -0.2) is 4.39 Å². The topological polar surface area (TPSA) is 30.7 Å². The lowest BCUT2D eigenvalue weighted by Gasteiger charge is -2.22. The van der Waals surface area contributed by atoms with Gasteiger partial charge in [-0.05, 0) is 37.5 Å². The number of Topliss-reactive ketones (excluding diaryl/α,β-unsaturated/α-hetero) is 1. The Morgan fingerprint density at radius 2 is 2.00 bits per heavy atom. The second-order valence-electron chi connectivity index (χ2n) is 4.76. The molecule has 1 N–H and O–H groups in total. The van der Waals surface area contributed by atoms with Crippen molar-refractivity contribution in [3.05, 3.63) is 29.6 Å². The minimum Gasteiger partial charge on any atom is -1.00 e. The minimum atomic E-state index is -0.475. The second-order valence-corrected chi connectivity index (χ2v) is 4.76. The van der Waals surface area contributed by atoms with Gasteiger partial charge < -0.3 is 22.0 Å². The summed E-state index contributed by atoms with van der Waals surface area (Å²) in [4.78, 5) is 13.3. The quantitative estimate of drug-likeness (QED) is 0.655. The van der Waals surface area contributed by atoms with E-state index in [9.17, 15) is 9.18 Å². The lowest BCUT2D eigenvalue weighted by atomic mass is 10.1. The van der Waals surface area contributed by atoms with Crippen LogP contribution < -0.4 is 22.0 Å². The summed E-state index contributed by atoms with van der Waals surface area (Å²) in [6, 6.07) is 4.41. The number of rotatable bonds is 4. The van der Waals surface area contributed by atoms with Gasteiger partial charge in [-0.1, -0.05) is 0 Å². The molecule has 3 nitrogen and oxygen atoms in total. The zero-order valence-electron chi connectivity index (χ0n) is 11.0. The van der Waals surface area contributed by atoms with Crippen LogP contribution in [0.2, 0.25) is 0 Å². The van der Waals surface area contributed by atoms with Crippen LogP contribution in [0.5, 0.6) is 5.75 Å². The maximum Gasteiger partial charge on any atom is 0.216 e. The first-order valence-electron chi connectivity index (χ1n) is 6.41. The van der Waals surface area contributed by atoms with Gasteiger partial charge in [0, 0.05) is 5.56 Å². The van der Waals surface area contributed by atoms with Crippen LogP contribution in [-0.4, -0.2) is 32.5 Å². The molecule has 106 valence electrons. The molecule has 2 rings (SSSR count). The maximum absolute atomic E-state index is 13.5. The molecule has 0 saturated carbocycles. The van der Waals surface area contributed by atoms with E-state index in [0.29, 0.717) is 12.1 Å². The van der Waals surface area contributed by atoms with E-state index in [4.69, 9.17) is 4.74 Å². The standard InChI is InChI=1S/C14H18FNO2.ClH/c1-18-14-6-5-11(9-12(14)15)13(17)10-16-7-3-2-4-8-16;/h5-6,9H,2-4,7-8,10H2,1H3;1H. The van der Waals surface area contributed by atoms with E-state index < -0.39 is 5.82 Å². The van der Waals surface area contributed by atoms with Crippen LogP contribution in [0.15, 0.2) is 18.2 Å². The molecule has 1 aliphatic heterocycles. The van der Waals surface area contributed by atoms with Crippen molar-refractivity contribution in [1.82, 2.24) is 0 Å². The Balaban J connectivity index is 0.00000180. The first kappa shape index (κ1) is 15.9. The van der Waals surface area contributed by atoms with Crippen molar-refractivity contribution < 1.29 is 31.2 Å². The third-order valence-corrected chi connectivity index (χ3v) is 3.44. The molecule has 0 bridgehead atoms. The zero-order valence-corrected chi connectivity index (χ0v) is 11.8. The van der Waals surface area contributed by atoms with Crippen molar-refractivity contribution >= 4 is 5.78 Å². The van der Waals surface area contributed by atoms with E-state index in [1.165, 1.54) is 43.4 Å². The molecule has 0 unspecified atom stereocenters. The number of carbonyl (C=O) groups excluding carboxylic acids is 1. The fraction of sp³-hybridized carbons (Fsp3) is 0.500. The van der Waals surface area contributed by atoms with Gasteiger partial charge in [-0.15, -0.1) is 0 Å². The largest absolute Gasteiger partial charge is 1.00 e. The molecule has 1 fully saturated rings. The summed E-state index contributed by atoms with van der Waals surface area (Å²) >= 11 is 0. The monoisotopic (exact) mass is 287 g/mol. The van der Waals surface area contributed by atoms with Gasteiger partial charge in [0.15, 0.2) is 11.6 Å². The van der Waals surface area contributed by atoms with Gasteiger partial charge in [0.05, 0.1) is 20.2 Å². The zero-order chi connectivity index (χ0) is 13.0. The second kappa shape index (κ2) is 7.46. The first-order chi connectivity index (χ1) is 8.70. The highest BCUT2D eigenvalue weighted by Crippen LogP contribution is 2.17. The summed E-state index contributed by atoms with van der Waals surface area (Å²) < 4.78 is 18.3. The number of benzene rings is 1. The van der Waals surface area contributed by atoms with Crippen molar-refractivity contribution in [1.29, 1.82) is 0 Å². The average Bonchev–Trinajstić information content (AvgIpc) is 2.39. The Kier molecular flexibility index (Phi) is 6.25. The number of methoxy groups -OCH3 is 1. The molecule has 1 aliphatic rings. The summed E-state index contributed by atoms with van der Waals surface area (Å²) in [7, 11) is 1.41. The van der Waals surface area contributed by atoms with Crippen LogP contribution in [0.3, 0.4) is 0 Å². The number of likely N-dealkylation sites (tertiary alicyclic amines) is 1. The first-order valence-corrected chi connectivity index (χ1v) is 6.41. The number of quaternary nitrogens is 1. The lowest BCUT2D eigenvalue weighted by molar-refractivity contribution is -0.896. The fourth-order valence-corrected chi connectivity index (χ4v) is 2.40. The molecule has 0 amide bonds. The molecule has 1 aromatic carbocycles. The predicted molar refractivity (Wildman–Crippen MR) is 66.7 cm³/mol. The van der Waals surface area contributed by atoms with E-state index in [2.05, 4.69) is 0 Å². The van der Waals surface area contributed by atoms with Gasteiger partial charge >= 0.3 is 0 Å². The number of ether oxygens (including phenoxy) is 1. The normalized spacial score (nSPS) is 15.7. The average molecular weight is 288 g/mol.